The van der Waals surface area contributed by atoms with Crippen molar-refractivity contribution in [1.82, 2.24) is 4.98 Å². The first kappa shape index (κ1) is 11.0. The lowest BCUT2D eigenvalue weighted by Gasteiger charge is -1.93. The number of carbonyl (C=O) groups is 1. The number of carbonyl (C=O) groups excluding carboxylic acids is 1. The van der Waals surface area contributed by atoms with Gasteiger partial charge in [0.2, 0.25) is 5.78 Å². The van der Waals surface area contributed by atoms with Crippen molar-refractivity contribution in [3.8, 4) is 0 Å². The van der Waals surface area contributed by atoms with Crippen LogP contribution in [-0.4, -0.2) is 10.8 Å². The second kappa shape index (κ2) is 4.59. The van der Waals surface area contributed by atoms with Gasteiger partial charge in [-0.25, -0.2) is 4.98 Å². The van der Waals surface area contributed by atoms with Crippen molar-refractivity contribution in [2.45, 2.75) is 19.9 Å². The molecule has 84 valence electrons. The summed E-state index contributed by atoms with van der Waals surface area (Å²) in [7, 11) is 0. The molecule has 0 atom stereocenters. The fourth-order valence-electron chi connectivity index (χ4n) is 1.35. The molecule has 4 nitrogen and oxygen atoms in total. The maximum atomic E-state index is 11.8. The Kier molecular flexibility index (Phi) is 3.17. The zero-order valence-electron chi connectivity index (χ0n) is 8.90. The first-order chi connectivity index (χ1) is 7.69. The van der Waals surface area contributed by atoms with Gasteiger partial charge in [-0.1, -0.05) is 0 Å². The van der Waals surface area contributed by atoms with E-state index in [-0.39, 0.29) is 12.2 Å². The van der Waals surface area contributed by atoms with Crippen LogP contribution < -0.4 is 5.73 Å². The number of Topliss-reactive ketones (excluding diaryl/α,β-unsaturated/α-hetero) is 1. The number of ketones is 1. The van der Waals surface area contributed by atoms with Crippen LogP contribution >= 0.6 is 11.3 Å². The van der Waals surface area contributed by atoms with Gasteiger partial charge in [-0.05, 0) is 19.1 Å². The van der Waals surface area contributed by atoms with Crippen molar-refractivity contribution in [2.75, 3.05) is 0 Å². The van der Waals surface area contributed by atoms with Gasteiger partial charge in [0, 0.05) is 11.1 Å². The number of nitrogens with two attached hydrogens (primary N) is 1. The number of hydrogen-bond donors (Lipinski definition) is 1. The molecule has 0 aliphatic rings. The van der Waals surface area contributed by atoms with Crippen LogP contribution in [0, 0.1) is 6.92 Å². The summed E-state index contributed by atoms with van der Waals surface area (Å²) in [6.45, 7) is 2.22. The Hall–Kier alpha value is -1.46. The van der Waals surface area contributed by atoms with Gasteiger partial charge in [-0.2, -0.15) is 0 Å². The van der Waals surface area contributed by atoms with E-state index in [2.05, 4.69) is 4.98 Å². The van der Waals surface area contributed by atoms with E-state index < -0.39 is 0 Å². The van der Waals surface area contributed by atoms with E-state index in [1.807, 2.05) is 12.3 Å². The van der Waals surface area contributed by atoms with Crippen LogP contribution in [0.4, 0.5) is 0 Å². The van der Waals surface area contributed by atoms with E-state index in [0.717, 1.165) is 10.7 Å². The van der Waals surface area contributed by atoms with Crippen molar-refractivity contribution >= 4 is 17.1 Å². The van der Waals surface area contributed by atoms with E-state index in [9.17, 15) is 4.79 Å². The Bertz CT molecular complexity index is 502. The van der Waals surface area contributed by atoms with Crippen LogP contribution in [0.15, 0.2) is 21.9 Å². The third-order valence-corrected chi connectivity index (χ3v) is 3.08. The summed E-state index contributed by atoms with van der Waals surface area (Å²) in [5.74, 6) is 0.918. The van der Waals surface area contributed by atoms with Crippen LogP contribution in [0.2, 0.25) is 0 Å². The maximum absolute atomic E-state index is 11.8. The van der Waals surface area contributed by atoms with Crippen molar-refractivity contribution in [1.29, 1.82) is 0 Å². The molecule has 0 radical (unpaired) electrons. The second-order valence-corrected chi connectivity index (χ2v) is 4.40. The molecular formula is C11H12N2O2S. The van der Waals surface area contributed by atoms with E-state index in [4.69, 9.17) is 10.2 Å². The van der Waals surface area contributed by atoms with Crippen LogP contribution in [-0.2, 0) is 13.0 Å². The lowest BCUT2D eigenvalue weighted by molar-refractivity contribution is 0.0964. The number of thiazole rings is 1. The second-order valence-electron chi connectivity index (χ2n) is 3.45. The minimum absolute atomic E-state index is 0.0611. The van der Waals surface area contributed by atoms with Crippen LogP contribution in [0.1, 0.15) is 27.0 Å². The minimum Gasteiger partial charge on any atom is -0.457 e. The SMILES string of the molecule is Cc1csc(CC(=O)c2ccc(CN)o2)n1. The molecule has 2 aromatic heterocycles. The number of rotatable bonds is 4. The molecule has 0 bridgehead atoms. The number of aromatic nitrogens is 1. The van der Waals surface area contributed by atoms with Crippen LogP contribution in [0.5, 0.6) is 0 Å². The quantitative estimate of drug-likeness (QED) is 0.823. The molecule has 0 aliphatic carbocycles. The highest BCUT2D eigenvalue weighted by atomic mass is 32.1. The zero-order valence-corrected chi connectivity index (χ0v) is 9.71. The van der Waals surface area contributed by atoms with E-state index >= 15 is 0 Å². The summed E-state index contributed by atoms with van der Waals surface area (Å²) in [6.07, 6.45) is 0.288. The lowest BCUT2D eigenvalue weighted by atomic mass is 10.2. The van der Waals surface area contributed by atoms with E-state index in [0.29, 0.717) is 18.1 Å². The third-order valence-electron chi connectivity index (χ3n) is 2.12. The summed E-state index contributed by atoms with van der Waals surface area (Å²) in [6, 6.07) is 3.38. The average Bonchev–Trinajstić information content (AvgIpc) is 2.87. The zero-order chi connectivity index (χ0) is 11.5. The van der Waals surface area contributed by atoms with Gasteiger partial charge in [-0.15, -0.1) is 11.3 Å². The Morgan fingerprint density at radius 1 is 1.56 bits per heavy atom. The number of hydrogen-bond acceptors (Lipinski definition) is 5. The summed E-state index contributed by atoms with van der Waals surface area (Å²) < 4.78 is 5.28. The van der Waals surface area contributed by atoms with E-state index in [1.165, 1.54) is 11.3 Å². The fourth-order valence-corrected chi connectivity index (χ4v) is 2.12. The van der Waals surface area contributed by atoms with Crippen molar-refractivity contribution in [3.63, 3.8) is 0 Å². The molecule has 2 N–H and O–H groups in total. The van der Waals surface area contributed by atoms with Gasteiger partial charge in [-0.3, -0.25) is 4.79 Å². The van der Waals surface area contributed by atoms with Gasteiger partial charge in [0.1, 0.15) is 10.8 Å². The van der Waals surface area contributed by atoms with Gasteiger partial charge < -0.3 is 10.2 Å². The Labute approximate surface area is 97.1 Å². The molecule has 2 rings (SSSR count). The molecule has 2 aromatic rings. The van der Waals surface area contributed by atoms with Crippen molar-refractivity contribution < 1.29 is 9.21 Å². The number of nitrogens with zero attached hydrogens (tertiary/aromatic N) is 1. The van der Waals surface area contributed by atoms with Gasteiger partial charge in [0.05, 0.1) is 13.0 Å². The van der Waals surface area contributed by atoms with Crippen molar-refractivity contribution in [3.05, 3.63) is 39.7 Å². The summed E-state index contributed by atoms with van der Waals surface area (Å²) in [4.78, 5) is 16.0. The van der Waals surface area contributed by atoms with Gasteiger partial charge in [0.25, 0.3) is 0 Å². The predicted molar refractivity (Wildman–Crippen MR) is 61.5 cm³/mol. The van der Waals surface area contributed by atoms with E-state index in [1.54, 1.807) is 12.1 Å². The molecule has 0 aromatic carbocycles. The largest absolute Gasteiger partial charge is 0.457 e. The molecule has 0 saturated heterocycles. The topological polar surface area (TPSA) is 69.1 Å². The molecule has 0 fully saturated rings. The molecule has 0 amide bonds. The molecule has 0 spiro atoms. The van der Waals surface area contributed by atoms with Crippen LogP contribution in [0.3, 0.4) is 0 Å². The summed E-state index contributed by atoms with van der Waals surface area (Å²) in [5, 5.41) is 2.74. The van der Waals surface area contributed by atoms with Gasteiger partial charge in [0.15, 0.2) is 5.76 Å². The lowest BCUT2D eigenvalue weighted by Crippen LogP contribution is -2.02. The standard InChI is InChI=1S/C11H12N2O2S/c1-7-6-16-11(13-7)4-9(14)10-3-2-8(5-12)15-10/h2-3,6H,4-5,12H2,1H3. The highest BCUT2D eigenvalue weighted by molar-refractivity contribution is 7.09. The minimum atomic E-state index is -0.0611. The highest BCUT2D eigenvalue weighted by Crippen LogP contribution is 2.14. The summed E-state index contributed by atoms with van der Waals surface area (Å²) >= 11 is 1.49. The normalized spacial score (nSPS) is 10.6. The first-order valence-corrected chi connectivity index (χ1v) is 5.80. The van der Waals surface area contributed by atoms with Gasteiger partial charge >= 0.3 is 0 Å². The number of aryl methyl sites for hydroxylation is 1. The third kappa shape index (κ3) is 2.37. The summed E-state index contributed by atoms with van der Waals surface area (Å²) in [5.41, 5.74) is 6.34. The molecular weight excluding hydrogens is 224 g/mol. The Morgan fingerprint density at radius 3 is 2.94 bits per heavy atom. The van der Waals surface area contributed by atoms with Crippen molar-refractivity contribution in [2.24, 2.45) is 5.73 Å². The molecule has 2 heterocycles. The number of furan rings is 1. The Morgan fingerprint density at radius 2 is 2.38 bits per heavy atom. The molecule has 0 saturated carbocycles. The monoisotopic (exact) mass is 236 g/mol. The molecule has 0 aliphatic heterocycles. The fraction of sp³-hybridized carbons (Fsp3) is 0.273. The molecule has 5 heteroatoms. The smallest absolute Gasteiger partial charge is 0.204 e. The Balaban J connectivity index is 2.08. The molecule has 16 heavy (non-hydrogen) atoms. The van der Waals surface area contributed by atoms with Crippen LogP contribution in [0.25, 0.3) is 0 Å². The maximum Gasteiger partial charge on any atom is 0.204 e. The first-order valence-electron chi connectivity index (χ1n) is 4.92. The highest BCUT2D eigenvalue weighted by Gasteiger charge is 2.13. The molecule has 0 unspecified atom stereocenters. The average molecular weight is 236 g/mol. The predicted octanol–water partition coefficient (Wildman–Crippen LogP) is 1.93.